The predicted octanol–water partition coefficient (Wildman–Crippen LogP) is 2.12. The number of hydrogen-bond donors (Lipinski definition) is 1. The fourth-order valence-electron chi connectivity index (χ4n) is 1.58. The second-order valence-corrected chi connectivity index (χ2v) is 5.15. The number of halogens is 1. The molecule has 5 heteroatoms. The third-order valence-electron chi connectivity index (χ3n) is 2.70. The molecule has 17 heavy (non-hydrogen) atoms. The molecule has 4 nitrogen and oxygen atoms in total. The van der Waals surface area contributed by atoms with Crippen LogP contribution in [0.1, 0.15) is 43.4 Å². The lowest BCUT2D eigenvalue weighted by molar-refractivity contribution is 0.0902. The van der Waals surface area contributed by atoms with Crippen LogP contribution in [0.4, 0.5) is 0 Å². The van der Waals surface area contributed by atoms with Crippen LogP contribution >= 0.6 is 11.6 Å². The fourth-order valence-corrected chi connectivity index (χ4v) is 2.05. The van der Waals surface area contributed by atoms with Gasteiger partial charge in [0.05, 0.1) is 5.69 Å². The molecule has 0 saturated carbocycles. The van der Waals surface area contributed by atoms with Gasteiger partial charge in [0.15, 0.2) is 0 Å². The Kier molecular flexibility index (Phi) is 4.57. The van der Waals surface area contributed by atoms with Crippen molar-refractivity contribution < 1.29 is 4.79 Å². The van der Waals surface area contributed by atoms with Crippen molar-refractivity contribution >= 4 is 17.5 Å². The van der Waals surface area contributed by atoms with Crippen LogP contribution in [-0.4, -0.2) is 27.1 Å². The fraction of sp³-hybridized carbons (Fsp3) is 0.667. The van der Waals surface area contributed by atoms with Crippen molar-refractivity contribution in [3.63, 3.8) is 0 Å². The molecule has 0 saturated heterocycles. The second-order valence-electron chi connectivity index (χ2n) is 4.78. The lowest BCUT2D eigenvalue weighted by atomic mass is 10.0. The van der Waals surface area contributed by atoms with Crippen molar-refractivity contribution in [3.8, 4) is 0 Å². The number of amides is 1. The van der Waals surface area contributed by atoms with Gasteiger partial charge in [0.1, 0.15) is 5.69 Å². The molecule has 1 aromatic rings. The molecule has 1 N–H and O–H groups in total. The Bertz CT molecular complexity index is 398. The monoisotopic (exact) mass is 257 g/mol. The normalized spacial score (nSPS) is 11.6. The van der Waals surface area contributed by atoms with Crippen LogP contribution in [0.15, 0.2) is 6.07 Å². The van der Waals surface area contributed by atoms with Gasteiger partial charge < -0.3 is 5.32 Å². The van der Waals surface area contributed by atoms with Gasteiger partial charge in [0, 0.05) is 18.5 Å². The highest BCUT2D eigenvalue weighted by atomic mass is 35.5. The predicted molar refractivity (Wildman–Crippen MR) is 69.5 cm³/mol. The van der Waals surface area contributed by atoms with E-state index < -0.39 is 0 Å². The molecule has 1 aromatic heterocycles. The quantitative estimate of drug-likeness (QED) is 0.822. The van der Waals surface area contributed by atoms with Crippen molar-refractivity contribution in [1.29, 1.82) is 0 Å². The lowest BCUT2D eigenvalue weighted by Crippen LogP contribution is -2.44. The number of alkyl halides is 1. The van der Waals surface area contributed by atoms with Crippen LogP contribution in [0.2, 0.25) is 0 Å². The Morgan fingerprint density at radius 3 is 2.71 bits per heavy atom. The number of aryl methyl sites for hydroxylation is 2. The van der Waals surface area contributed by atoms with E-state index in [0.717, 1.165) is 18.5 Å². The number of aromatic nitrogens is 2. The molecule has 0 aromatic carbocycles. The van der Waals surface area contributed by atoms with Gasteiger partial charge in [-0.05, 0) is 32.8 Å². The molecule has 0 unspecified atom stereocenters. The van der Waals surface area contributed by atoms with E-state index in [2.05, 4.69) is 10.4 Å². The topological polar surface area (TPSA) is 46.9 Å². The number of carbonyl (C=O) groups is 1. The van der Waals surface area contributed by atoms with Gasteiger partial charge >= 0.3 is 0 Å². The number of nitrogens with one attached hydrogen (secondary N) is 1. The van der Waals surface area contributed by atoms with E-state index in [0.29, 0.717) is 11.6 Å². The molecule has 96 valence electrons. The average molecular weight is 258 g/mol. The molecule has 0 spiro atoms. The van der Waals surface area contributed by atoms with E-state index >= 15 is 0 Å². The molecular weight excluding hydrogens is 238 g/mol. The van der Waals surface area contributed by atoms with E-state index in [1.54, 1.807) is 11.7 Å². The van der Waals surface area contributed by atoms with E-state index in [4.69, 9.17) is 11.6 Å². The van der Waals surface area contributed by atoms with Crippen molar-refractivity contribution in [3.05, 3.63) is 17.5 Å². The van der Waals surface area contributed by atoms with Crippen molar-refractivity contribution in [2.75, 3.05) is 5.88 Å². The van der Waals surface area contributed by atoms with Crippen LogP contribution < -0.4 is 5.32 Å². The lowest BCUT2D eigenvalue weighted by Gasteiger charge is -2.25. The summed E-state index contributed by atoms with van der Waals surface area (Å²) in [6, 6.07) is 1.83. The summed E-state index contributed by atoms with van der Waals surface area (Å²) in [5.41, 5.74) is 1.22. The minimum absolute atomic E-state index is 0.102. The van der Waals surface area contributed by atoms with Gasteiger partial charge in [-0.1, -0.05) is 6.92 Å². The van der Waals surface area contributed by atoms with Crippen LogP contribution in [0.3, 0.4) is 0 Å². The molecule has 1 rings (SSSR count). The Labute approximate surface area is 107 Å². The second kappa shape index (κ2) is 5.54. The molecule has 0 aliphatic carbocycles. The van der Waals surface area contributed by atoms with Crippen molar-refractivity contribution in [1.82, 2.24) is 15.1 Å². The van der Waals surface area contributed by atoms with Gasteiger partial charge in [-0.15, -0.1) is 11.6 Å². The maximum absolute atomic E-state index is 12.1. The molecule has 0 bridgehead atoms. The van der Waals surface area contributed by atoms with E-state index in [9.17, 15) is 4.79 Å². The molecule has 0 radical (unpaired) electrons. The molecule has 0 fully saturated rings. The molecular formula is C12H20ClN3O. The SMILES string of the molecule is CCc1cc(C(=O)NC(C)(C)CCCl)n(C)n1. The van der Waals surface area contributed by atoms with E-state index in [1.165, 1.54) is 0 Å². The highest BCUT2D eigenvalue weighted by Crippen LogP contribution is 2.11. The summed E-state index contributed by atoms with van der Waals surface area (Å²) in [5, 5.41) is 7.22. The molecule has 1 heterocycles. The highest BCUT2D eigenvalue weighted by Gasteiger charge is 2.22. The Morgan fingerprint density at radius 2 is 2.24 bits per heavy atom. The standard InChI is InChI=1S/C12H20ClN3O/c1-5-9-8-10(16(4)15-9)11(17)14-12(2,3)6-7-13/h8H,5-7H2,1-4H3,(H,14,17). The minimum atomic E-state index is -0.296. The Hall–Kier alpha value is -1.03. The summed E-state index contributed by atoms with van der Waals surface area (Å²) in [6.45, 7) is 5.94. The minimum Gasteiger partial charge on any atom is -0.346 e. The summed E-state index contributed by atoms with van der Waals surface area (Å²) in [6.07, 6.45) is 1.56. The number of nitrogens with zero attached hydrogens (tertiary/aromatic N) is 2. The third kappa shape index (κ3) is 3.73. The smallest absolute Gasteiger partial charge is 0.269 e. The Balaban J connectivity index is 2.79. The molecule has 0 aliphatic rings. The van der Waals surface area contributed by atoms with Crippen LogP contribution in [0.25, 0.3) is 0 Å². The summed E-state index contributed by atoms with van der Waals surface area (Å²) in [4.78, 5) is 12.1. The van der Waals surface area contributed by atoms with Crippen LogP contribution in [-0.2, 0) is 13.5 Å². The first kappa shape index (κ1) is 14.0. The zero-order valence-electron chi connectivity index (χ0n) is 10.9. The summed E-state index contributed by atoms with van der Waals surface area (Å²) in [5.74, 6) is 0.425. The summed E-state index contributed by atoms with van der Waals surface area (Å²) >= 11 is 5.70. The van der Waals surface area contributed by atoms with Gasteiger partial charge in [-0.3, -0.25) is 9.48 Å². The summed E-state index contributed by atoms with van der Waals surface area (Å²) in [7, 11) is 1.78. The first-order chi connectivity index (χ1) is 7.89. The largest absolute Gasteiger partial charge is 0.346 e. The first-order valence-electron chi connectivity index (χ1n) is 5.81. The summed E-state index contributed by atoms with van der Waals surface area (Å²) < 4.78 is 1.62. The maximum atomic E-state index is 12.1. The zero-order chi connectivity index (χ0) is 13.1. The zero-order valence-corrected chi connectivity index (χ0v) is 11.6. The number of carbonyl (C=O) groups excluding carboxylic acids is 1. The van der Waals surface area contributed by atoms with Crippen LogP contribution in [0.5, 0.6) is 0 Å². The van der Waals surface area contributed by atoms with Crippen LogP contribution in [0, 0.1) is 0 Å². The maximum Gasteiger partial charge on any atom is 0.269 e. The highest BCUT2D eigenvalue weighted by molar-refractivity contribution is 6.17. The number of hydrogen-bond acceptors (Lipinski definition) is 2. The average Bonchev–Trinajstić information content (AvgIpc) is 2.58. The van der Waals surface area contributed by atoms with E-state index in [1.807, 2.05) is 26.8 Å². The molecule has 0 aliphatic heterocycles. The van der Waals surface area contributed by atoms with Gasteiger partial charge in [0.25, 0.3) is 5.91 Å². The van der Waals surface area contributed by atoms with Crippen molar-refractivity contribution in [2.45, 2.75) is 39.2 Å². The van der Waals surface area contributed by atoms with E-state index in [-0.39, 0.29) is 11.4 Å². The van der Waals surface area contributed by atoms with Gasteiger partial charge in [-0.2, -0.15) is 5.10 Å². The molecule has 0 atom stereocenters. The number of rotatable bonds is 5. The van der Waals surface area contributed by atoms with Crippen molar-refractivity contribution in [2.24, 2.45) is 7.05 Å². The van der Waals surface area contributed by atoms with Gasteiger partial charge in [-0.25, -0.2) is 0 Å². The molecule has 1 amide bonds. The third-order valence-corrected chi connectivity index (χ3v) is 2.89. The Morgan fingerprint density at radius 1 is 1.59 bits per heavy atom. The first-order valence-corrected chi connectivity index (χ1v) is 6.34. The van der Waals surface area contributed by atoms with Gasteiger partial charge in [0.2, 0.25) is 0 Å².